The highest BCUT2D eigenvalue weighted by Gasteiger charge is 2.05. The van der Waals surface area contributed by atoms with Gasteiger partial charge in [0.25, 0.3) is 5.91 Å². The van der Waals surface area contributed by atoms with Crippen molar-refractivity contribution in [2.75, 3.05) is 12.0 Å². The largest absolute Gasteiger partial charge is 0.338 e. The van der Waals surface area contributed by atoms with Crippen LogP contribution < -0.4 is 16.6 Å². The molecular formula is C7H8N6O. The Morgan fingerprint density at radius 1 is 1.57 bits per heavy atom. The molecule has 7 heteroatoms. The number of nitrogens with zero attached hydrogens (tertiary/aromatic N) is 3. The van der Waals surface area contributed by atoms with Gasteiger partial charge in [-0.1, -0.05) is 0 Å². The van der Waals surface area contributed by atoms with Gasteiger partial charge in [0, 0.05) is 0 Å². The first-order valence-electron chi connectivity index (χ1n) is 3.71. The third-order valence-electron chi connectivity index (χ3n) is 1.36. The number of amides is 1. The van der Waals surface area contributed by atoms with E-state index in [2.05, 4.69) is 20.7 Å². The molecule has 0 aliphatic rings. The van der Waals surface area contributed by atoms with Crippen molar-refractivity contribution in [3.8, 4) is 6.07 Å². The van der Waals surface area contributed by atoms with Crippen LogP contribution in [0.25, 0.3) is 0 Å². The molecule has 0 atom stereocenters. The summed E-state index contributed by atoms with van der Waals surface area (Å²) in [6, 6.07) is 1.78. The van der Waals surface area contributed by atoms with Crippen LogP contribution in [-0.2, 0) is 0 Å². The quantitative estimate of drug-likeness (QED) is 0.322. The summed E-state index contributed by atoms with van der Waals surface area (Å²) in [5.74, 6) is 4.98. The number of aromatic nitrogens is 2. The maximum atomic E-state index is 11.2. The molecule has 0 aromatic carbocycles. The molecule has 7 nitrogen and oxygen atoms in total. The van der Waals surface area contributed by atoms with Crippen molar-refractivity contribution in [2.24, 2.45) is 5.84 Å². The number of hydrogen-bond acceptors (Lipinski definition) is 6. The van der Waals surface area contributed by atoms with E-state index < -0.39 is 5.91 Å². The Labute approximate surface area is 79.9 Å². The Hall–Kier alpha value is -2.20. The predicted molar refractivity (Wildman–Crippen MR) is 47.8 cm³/mol. The number of rotatable bonds is 3. The van der Waals surface area contributed by atoms with Crippen molar-refractivity contribution >= 4 is 11.7 Å². The summed E-state index contributed by atoms with van der Waals surface area (Å²) in [7, 11) is 0. The number of hydrazine groups is 1. The minimum absolute atomic E-state index is 0.0581. The molecular weight excluding hydrogens is 184 g/mol. The molecule has 1 rings (SSSR count). The Morgan fingerprint density at radius 2 is 2.36 bits per heavy atom. The molecule has 1 amide bonds. The Balaban J connectivity index is 2.67. The van der Waals surface area contributed by atoms with Crippen molar-refractivity contribution < 1.29 is 4.79 Å². The Bertz CT molecular complexity index is 353. The summed E-state index contributed by atoms with van der Waals surface area (Å²) in [5, 5.41) is 10.5. The van der Waals surface area contributed by atoms with Crippen LogP contribution in [0, 0.1) is 11.3 Å². The van der Waals surface area contributed by atoms with E-state index in [0.717, 1.165) is 0 Å². The van der Waals surface area contributed by atoms with Crippen LogP contribution in [0.2, 0.25) is 0 Å². The van der Waals surface area contributed by atoms with Crippen molar-refractivity contribution in [1.29, 1.82) is 5.26 Å². The van der Waals surface area contributed by atoms with Crippen molar-refractivity contribution in [1.82, 2.24) is 15.3 Å². The van der Waals surface area contributed by atoms with E-state index in [0.29, 0.717) is 5.82 Å². The van der Waals surface area contributed by atoms with Crippen LogP contribution in [-0.4, -0.2) is 22.4 Å². The SMILES string of the molecule is N#CCNC(=O)c1cnc(NN)cn1. The van der Waals surface area contributed by atoms with Gasteiger partial charge < -0.3 is 10.7 Å². The molecule has 0 saturated carbocycles. The molecule has 4 N–H and O–H groups in total. The molecule has 0 fully saturated rings. The third-order valence-corrected chi connectivity index (χ3v) is 1.36. The third kappa shape index (κ3) is 2.40. The molecule has 0 unspecified atom stereocenters. The van der Waals surface area contributed by atoms with E-state index in [1.54, 1.807) is 6.07 Å². The average molecular weight is 192 g/mol. The average Bonchev–Trinajstić information content (AvgIpc) is 2.26. The molecule has 72 valence electrons. The topological polar surface area (TPSA) is 117 Å². The van der Waals surface area contributed by atoms with E-state index in [-0.39, 0.29) is 12.2 Å². The van der Waals surface area contributed by atoms with E-state index in [4.69, 9.17) is 11.1 Å². The number of nitrogens with one attached hydrogen (secondary N) is 2. The number of anilines is 1. The summed E-state index contributed by atoms with van der Waals surface area (Å²) in [6.45, 7) is -0.0581. The van der Waals surface area contributed by atoms with Gasteiger partial charge in [0.15, 0.2) is 5.82 Å². The molecule has 1 aromatic rings. The number of nitrogens with two attached hydrogens (primary N) is 1. The molecule has 0 aliphatic heterocycles. The predicted octanol–water partition coefficient (Wildman–Crippen LogP) is -0.984. The zero-order valence-electron chi connectivity index (χ0n) is 7.19. The lowest BCUT2D eigenvalue weighted by atomic mass is 10.4. The highest BCUT2D eigenvalue weighted by atomic mass is 16.1. The molecule has 0 radical (unpaired) electrons. The van der Waals surface area contributed by atoms with E-state index >= 15 is 0 Å². The lowest BCUT2D eigenvalue weighted by Gasteiger charge is -2.00. The second kappa shape index (κ2) is 4.74. The van der Waals surface area contributed by atoms with E-state index in [1.165, 1.54) is 12.4 Å². The Morgan fingerprint density at radius 3 is 2.86 bits per heavy atom. The minimum atomic E-state index is -0.442. The van der Waals surface area contributed by atoms with Crippen molar-refractivity contribution in [3.63, 3.8) is 0 Å². The smallest absolute Gasteiger partial charge is 0.272 e. The second-order valence-electron chi connectivity index (χ2n) is 2.27. The van der Waals surface area contributed by atoms with Crippen LogP contribution in [0.5, 0.6) is 0 Å². The van der Waals surface area contributed by atoms with Gasteiger partial charge in [-0.05, 0) is 0 Å². The fourth-order valence-electron chi connectivity index (χ4n) is 0.730. The van der Waals surface area contributed by atoms with Gasteiger partial charge in [-0.3, -0.25) is 4.79 Å². The zero-order valence-corrected chi connectivity index (χ0v) is 7.19. The molecule has 1 heterocycles. The standard InChI is InChI=1S/C7H8N6O/c8-1-2-10-7(14)5-3-12-6(13-9)4-11-5/h3-4H,2,9H2,(H,10,14)(H,12,13). The van der Waals surface area contributed by atoms with Crippen LogP contribution in [0.15, 0.2) is 12.4 Å². The van der Waals surface area contributed by atoms with Crippen molar-refractivity contribution in [3.05, 3.63) is 18.1 Å². The summed E-state index contributed by atoms with van der Waals surface area (Å²) in [4.78, 5) is 18.7. The first-order valence-corrected chi connectivity index (χ1v) is 3.71. The summed E-state index contributed by atoms with van der Waals surface area (Å²) >= 11 is 0. The maximum absolute atomic E-state index is 11.2. The zero-order chi connectivity index (χ0) is 10.4. The highest BCUT2D eigenvalue weighted by Crippen LogP contribution is 1.98. The number of hydrogen-bond donors (Lipinski definition) is 3. The van der Waals surface area contributed by atoms with Gasteiger partial charge >= 0.3 is 0 Å². The van der Waals surface area contributed by atoms with E-state index in [9.17, 15) is 4.79 Å². The van der Waals surface area contributed by atoms with E-state index in [1.807, 2.05) is 0 Å². The van der Waals surface area contributed by atoms with Crippen LogP contribution >= 0.6 is 0 Å². The van der Waals surface area contributed by atoms with Gasteiger partial charge in [-0.2, -0.15) is 5.26 Å². The first-order chi connectivity index (χ1) is 6.77. The highest BCUT2D eigenvalue weighted by molar-refractivity contribution is 5.92. The summed E-state index contributed by atoms with van der Waals surface area (Å²) in [6.07, 6.45) is 2.59. The number of nitrogen functional groups attached to an aromatic ring is 1. The monoisotopic (exact) mass is 192 g/mol. The van der Waals surface area contributed by atoms with Crippen LogP contribution in [0.1, 0.15) is 10.5 Å². The molecule has 0 aliphatic carbocycles. The van der Waals surface area contributed by atoms with Crippen LogP contribution in [0.3, 0.4) is 0 Å². The lowest BCUT2D eigenvalue weighted by molar-refractivity contribution is 0.0953. The fourth-order valence-corrected chi connectivity index (χ4v) is 0.730. The number of nitriles is 1. The van der Waals surface area contributed by atoms with Gasteiger partial charge in [0.05, 0.1) is 18.5 Å². The molecule has 0 spiro atoms. The van der Waals surface area contributed by atoms with Gasteiger partial charge in [0.2, 0.25) is 0 Å². The van der Waals surface area contributed by atoms with Gasteiger partial charge in [0.1, 0.15) is 12.2 Å². The molecule has 0 saturated heterocycles. The summed E-state index contributed by atoms with van der Waals surface area (Å²) < 4.78 is 0. The van der Waals surface area contributed by atoms with Gasteiger partial charge in [-0.25, -0.2) is 15.8 Å². The molecule has 0 bridgehead atoms. The lowest BCUT2D eigenvalue weighted by Crippen LogP contribution is -2.24. The number of carbonyl (C=O) groups excluding carboxylic acids is 1. The number of carbonyl (C=O) groups is 1. The van der Waals surface area contributed by atoms with Gasteiger partial charge in [-0.15, -0.1) is 0 Å². The molecule has 1 aromatic heterocycles. The summed E-state index contributed by atoms with van der Waals surface area (Å²) in [5.41, 5.74) is 2.42. The normalized spacial score (nSPS) is 8.86. The maximum Gasteiger partial charge on any atom is 0.272 e. The molecule has 14 heavy (non-hydrogen) atoms. The Kier molecular flexibility index (Phi) is 3.34. The fraction of sp³-hybridized carbons (Fsp3) is 0.143. The minimum Gasteiger partial charge on any atom is -0.338 e. The first kappa shape index (κ1) is 9.88. The van der Waals surface area contributed by atoms with Crippen LogP contribution in [0.4, 0.5) is 5.82 Å². The second-order valence-corrected chi connectivity index (χ2v) is 2.27. The van der Waals surface area contributed by atoms with Crippen molar-refractivity contribution in [2.45, 2.75) is 0 Å².